The van der Waals surface area contributed by atoms with Gasteiger partial charge in [-0.2, -0.15) is 0 Å². The Labute approximate surface area is 914 Å². The number of likely N-dealkylation sites (tertiary alicyclic amines) is 2. The molecule has 38 heteroatoms. The van der Waals surface area contributed by atoms with E-state index < -0.39 is 98.7 Å². The van der Waals surface area contributed by atoms with Gasteiger partial charge in [0.05, 0.1) is 98.9 Å². The smallest absolute Gasteiger partial charge is 0.756 e. The number of pyridine rings is 2. The van der Waals surface area contributed by atoms with E-state index in [1.165, 1.54) is 213 Å². The summed E-state index contributed by atoms with van der Waals surface area (Å²) in [6.45, 7) is 8.42. The van der Waals surface area contributed by atoms with Gasteiger partial charge in [-0.25, -0.2) is 19.4 Å². The fourth-order valence-corrected chi connectivity index (χ4v) is 20.9. The number of rotatable bonds is 60. The van der Waals surface area contributed by atoms with Crippen LogP contribution in [0.25, 0.3) is 22.3 Å². The van der Waals surface area contributed by atoms with Crippen LogP contribution in [0.3, 0.4) is 0 Å². The molecule has 1 aliphatic carbocycles. The van der Waals surface area contributed by atoms with E-state index in [4.69, 9.17) is 131 Å². The summed E-state index contributed by atoms with van der Waals surface area (Å²) < 4.78 is 109. The molecule has 13 rings (SSSR count). The summed E-state index contributed by atoms with van der Waals surface area (Å²) in [6.07, 6.45) is 38.8. The van der Waals surface area contributed by atoms with E-state index in [0.717, 1.165) is 75.4 Å². The average Bonchev–Trinajstić information content (AvgIpc) is 1.58. The number of cyclic esters (lactones) is 2. The number of hydrogen-bond acceptors (Lipinski definition) is 30. The Hall–Kier alpha value is -7.76. The van der Waals surface area contributed by atoms with Gasteiger partial charge in [-0.1, -0.05) is 207 Å². The molecule has 6 aliphatic heterocycles. The number of nitrogens with zero attached hydrogens (tertiary/aromatic N) is 4. The van der Waals surface area contributed by atoms with Crippen LogP contribution in [-0.2, 0) is 94.2 Å². The molecule has 8 atom stereocenters. The number of aromatic nitrogens is 2. The zero-order valence-electron chi connectivity index (χ0n) is 87.9. The average molecular weight is 2180 g/mol. The number of amides is 1. The molecule has 32 nitrogen and oxygen atoms in total. The van der Waals surface area contributed by atoms with Gasteiger partial charge in [-0.3, -0.25) is 28.5 Å². The SMILES string of the molecule is CCCCCCCCCCCCCCCCCC(=O)OCC(COP(=O)([O-])OCCCC(=O)OCCOC)OC(=O)CCCCCCCCCCCCCCCCC.CC[C@@]1(OC(O)COc2ccc(C(=O)O[C@H]3c4cc5c(cc4[C@@H](c4cc(OC)c(OC)c(OC)c4)[C@H]4C(=O)OC[C@@H]43)OCO5)cc2)C(=O)OCc2c1cc1n(c2=O)Cc2cc3cc(OC(=O)N4CCC(N5CCCCC5)CC4)ccc3nc2-1.ClCCl.ClCCl.[Na+]. The third-order valence-corrected chi connectivity index (χ3v) is 28.9. The summed E-state index contributed by atoms with van der Waals surface area (Å²) in [5.41, 5.74) is 2.70. The van der Waals surface area contributed by atoms with Gasteiger partial charge in [0.15, 0.2) is 41.0 Å². The van der Waals surface area contributed by atoms with Crippen molar-refractivity contribution in [1.82, 2.24) is 19.4 Å². The third-order valence-electron chi connectivity index (χ3n) is 27.9. The summed E-state index contributed by atoms with van der Waals surface area (Å²) in [6, 6.07) is 22.6. The van der Waals surface area contributed by atoms with Crippen LogP contribution in [0.4, 0.5) is 4.79 Å². The summed E-state index contributed by atoms with van der Waals surface area (Å²) in [5.74, 6) is -2.55. The summed E-state index contributed by atoms with van der Waals surface area (Å²) >= 11 is 19.1. The first-order valence-electron chi connectivity index (χ1n) is 53.1. The normalized spacial score (nSPS) is 18.1. The number of halogens is 4. The van der Waals surface area contributed by atoms with Crippen molar-refractivity contribution in [2.45, 2.75) is 327 Å². The van der Waals surface area contributed by atoms with Gasteiger partial charge in [0.1, 0.15) is 44.0 Å². The quantitative estimate of drug-likeness (QED) is 0.00703. The Morgan fingerprint density at radius 2 is 1.13 bits per heavy atom. The van der Waals surface area contributed by atoms with Gasteiger partial charge in [0.2, 0.25) is 12.5 Å². The number of phosphoric acid groups is 1. The molecule has 8 heterocycles. The van der Waals surface area contributed by atoms with E-state index in [0.29, 0.717) is 100 Å². The Morgan fingerprint density at radius 3 is 1.69 bits per heavy atom. The van der Waals surface area contributed by atoms with Crippen molar-refractivity contribution in [3.63, 3.8) is 0 Å². The van der Waals surface area contributed by atoms with Gasteiger partial charge >= 0.3 is 71.5 Å². The van der Waals surface area contributed by atoms with E-state index >= 15 is 0 Å². The molecule has 3 unspecified atom stereocenters. The van der Waals surface area contributed by atoms with Gasteiger partial charge in [-0.05, 0) is 154 Å². The number of alkyl halides is 4. The number of piperidine rings is 2. The number of hydrogen-bond donors (Lipinski definition) is 1. The maximum Gasteiger partial charge on any atom is 1.00 e. The molecule has 6 aromatic rings. The molecule has 148 heavy (non-hydrogen) atoms. The van der Waals surface area contributed by atoms with Crippen LogP contribution < -0.4 is 73.2 Å². The van der Waals surface area contributed by atoms with Crippen LogP contribution in [0.1, 0.15) is 333 Å². The fourth-order valence-electron chi connectivity index (χ4n) is 20.1. The predicted octanol–water partition coefficient (Wildman–Crippen LogP) is 19.8. The molecule has 3 fully saturated rings. The molecule has 2 aromatic heterocycles. The fraction of sp³-hybridized carbons (Fsp3) is 0.645. The maximum atomic E-state index is 14.3. The number of aliphatic hydroxyl groups is 1. The van der Waals surface area contributed by atoms with Crippen LogP contribution in [-0.4, -0.2) is 203 Å². The maximum absolute atomic E-state index is 14.3. The number of carbonyl (C=O) groups is 7. The minimum absolute atomic E-state index is 0. The second-order valence-electron chi connectivity index (χ2n) is 38.2. The van der Waals surface area contributed by atoms with Gasteiger partial charge < -0.3 is 104 Å². The molecule has 7 aliphatic rings. The first kappa shape index (κ1) is 124. The van der Waals surface area contributed by atoms with Crippen LogP contribution in [0, 0.1) is 11.8 Å². The monoisotopic (exact) mass is 2170 g/mol. The van der Waals surface area contributed by atoms with E-state index in [-0.39, 0.29) is 159 Å². The molecule has 3 saturated heterocycles. The Bertz CT molecular complexity index is 5180. The molecule has 0 spiro atoms. The van der Waals surface area contributed by atoms with Crippen molar-refractivity contribution in [3.05, 3.63) is 128 Å². The summed E-state index contributed by atoms with van der Waals surface area (Å²) in [7, 11) is 1.24. The number of methoxy groups -OCH3 is 4. The number of unbranched alkanes of at least 4 members (excludes halogenated alkanes) is 28. The standard InChI is InChI=1S/C62H62N4O17.C46H89O11P.2CH2Cl2.Na/c1-5-62(44-27-46-54-36(28-66(46)57(68)42(44)29-78-60(62)71)21-34-22-39(13-14-45(34)63-54)81-61(72)65-19-15-37(16-20-65)64-17-7-6-8-18-64)83-51(67)31-76-38-11-9-33(10-12-38)58(69)82-55-41-26-48-47(79-32-80-48)25-40(41)52(53-43(55)30-77-59(53)70)35-23-49(73-2)56(75-4)50(24-35)74-3;1-4-6-8-10-12-14-16-18-20-22-24-26-28-30-32-35-45(48)54-41-43(42-56-58(50,51)55-38-34-37-44(47)53-40-39-52-3)57-46(49)36-33-31-29-27-25-23-21-19-17-15-13-11-9-7-5-2;2*2-1-3;/h9-14,21-27,37,43,51-53,55,67H,5-8,15-20,28-32H2,1-4H3;43H,4-42H2,1-3H3,(H,50,51);2*1H2;/q;;;;+1/p-1/t43-,51?,52+,53-,55-,62-;;;;/m0..../s1. The van der Waals surface area contributed by atoms with Crippen molar-refractivity contribution < 1.29 is 158 Å². The summed E-state index contributed by atoms with van der Waals surface area (Å²) in [4.78, 5) is 128. The molecular formula is C110H154Cl4N4NaO28P. The van der Waals surface area contributed by atoms with Crippen molar-refractivity contribution in [2.75, 3.05) is 118 Å². The molecule has 816 valence electrons. The Kier molecular flexibility index (Phi) is 56.0. The van der Waals surface area contributed by atoms with Crippen molar-refractivity contribution in [3.8, 4) is 51.6 Å². The van der Waals surface area contributed by atoms with Crippen LogP contribution >= 0.6 is 54.2 Å². The number of fused-ring (bicyclic) bond motifs is 8. The third kappa shape index (κ3) is 37.9. The molecule has 4 aromatic carbocycles. The molecule has 1 N–H and O–H groups in total. The van der Waals surface area contributed by atoms with Gasteiger partial charge in [0, 0.05) is 79.4 Å². The Morgan fingerprint density at radius 1 is 0.581 bits per heavy atom. The van der Waals surface area contributed by atoms with Crippen molar-refractivity contribution in [2.24, 2.45) is 11.8 Å². The van der Waals surface area contributed by atoms with E-state index in [2.05, 4.69) is 18.7 Å². The zero-order chi connectivity index (χ0) is 105. The number of esters is 6. The van der Waals surface area contributed by atoms with Crippen molar-refractivity contribution in [1.29, 1.82) is 0 Å². The van der Waals surface area contributed by atoms with E-state index in [9.17, 15) is 52.9 Å². The molecule has 0 saturated carbocycles. The number of benzene rings is 4. The number of aliphatic hydroxyl groups excluding tert-OH is 1. The van der Waals surface area contributed by atoms with Crippen LogP contribution in [0.5, 0.6) is 40.2 Å². The van der Waals surface area contributed by atoms with Gasteiger partial charge in [0.25, 0.3) is 13.4 Å². The van der Waals surface area contributed by atoms with Crippen LogP contribution in [0.2, 0.25) is 0 Å². The topological polar surface area (TPSA) is 378 Å². The minimum Gasteiger partial charge on any atom is -0.756 e. The Balaban J connectivity index is 0.000000331. The van der Waals surface area contributed by atoms with E-state index in [1.807, 2.05) is 6.07 Å². The van der Waals surface area contributed by atoms with E-state index in [1.54, 1.807) is 64.9 Å². The summed E-state index contributed by atoms with van der Waals surface area (Å²) in [5, 5.41) is 12.6. The first-order valence-corrected chi connectivity index (χ1v) is 56.7. The largest absolute Gasteiger partial charge is 1.00 e. The predicted molar refractivity (Wildman–Crippen MR) is 559 cm³/mol. The number of carbonyl (C=O) groups excluding carboxylic acids is 7. The number of phosphoric ester groups is 1. The molecular weight excluding hydrogens is 2020 g/mol. The number of ether oxygens (including phenoxy) is 15. The minimum atomic E-state index is -4.78. The molecule has 0 radical (unpaired) electrons. The molecule has 0 bridgehead atoms. The first-order chi connectivity index (χ1) is 71.4. The zero-order valence-corrected chi connectivity index (χ0v) is 93.8. The van der Waals surface area contributed by atoms with Gasteiger partial charge in [-0.15, -0.1) is 46.4 Å². The molecule has 1 amide bonds. The van der Waals surface area contributed by atoms with Crippen LogP contribution in [0.15, 0.2) is 83.7 Å². The second kappa shape index (κ2) is 67.0. The van der Waals surface area contributed by atoms with Crippen molar-refractivity contribution >= 4 is 107 Å². The second-order valence-corrected chi connectivity index (χ2v) is 41.2.